The molecule has 5 nitrogen and oxygen atoms in total. The van der Waals surface area contributed by atoms with Gasteiger partial charge in [0.2, 0.25) is 0 Å². The molecule has 1 aromatic heterocycles. The van der Waals surface area contributed by atoms with Crippen molar-refractivity contribution in [3.63, 3.8) is 0 Å². The molecule has 1 aliphatic carbocycles. The summed E-state index contributed by atoms with van der Waals surface area (Å²) in [4.78, 5) is 15.2. The maximum absolute atomic E-state index is 12.1. The van der Waals surface area contributed by atoms with E-state index in [1.54, 1.807) is 6.07 Å². The number of nitrogens with zero attached hydrogens (tertiary/aromatic N) is 1. The smallest absolute Gasteiger partial charge is 0.356 e. The van der Waals surface area contributed by atoms with Crippen LogP contribution < -0.4 is 0 Å². The van der Waals surface area contributed by atoms with Crippen LogP contribution >= 0.6 is 0 Å². The summed E-state index contributed by atoms with van der Waals surface area (Å²) in [5, 5.41) is 0.0748. The lowest BCUT2D eigenvalue weighted by Crippen LogP contribution is -2.11. The summed E-state index contributed by atoms with van der Waals surface area (Å²) in [6.07, 6.45) is 1.60. The maximum Gasteiger partial charge on any atom is 0.356 e. The van der Waals surface area contributed by atoms with Crippen LogP contribution in [0.2, 0.25) is 0 Å². The number of carbonyl (C=O) groups excluding carboxylic acids is 1. The summed E-state index contributed by atoms with van der Waals surface area (Å²) in [6, 6.07) is 4.59. The first kappa shape index (κ1) is 11.1. The number of rotatable bonds is 3. The fraction of sp³-hybridized carbons (Fsp3) is 0.400. The van der Waals surface area contributed by atoms with E-state index in [-0.39, 0.29) is 16.0 Å². The molecule has 1 atom stereocenters. The minimum atomic E-state index is -2.85. The number of carbonyl (C=O) groups is 1. The number of pyridine rings is 1. The molecule has 1 heterocycles. The lowest BCUT2D eigenvalue weighted by Gasteiger charge is -2.06. The van der Waals surface area contributed by atoms with E-state index in [2.05, 4.69) is 9.72 Å². The Hall–Kier alpha value is -1.43. The molecule has 1 N–H and O–H groups in total. The van der Waals surface area contributed by atoms with Crippen LogP contribution in [0.25, 0.3) is 0 Å². The highest BCUT2D eigenvalue weighted by molar-refractivity contribution is 7.93. The zero-order valence-electron chi connectivity index (χ0n) is 8.80. The SMILES string of the molecule is COC(=O)c1cccc(S(=N)(=O)C2CC2)n1. The van der Waals surface area contributed by atoms with Gasteiger partial charge in [-0.25, -0.2) is 18.8 Å². The van der Waals surface area contributed by atoms with E-state index >= 15 is 0 Å². The Morgan fingerprint density at radius 3 is 2.81 bits per heavy atom. The minimum Gasteiger partial charge on any atom is -0.464 e. The van der Waals surface area contributed by atoms with E-state index < -0.39 is 15.7 Å². The summed E-state index contributed by atoms with van der Waals surface area (Å²) in [5.41, 5.74) is 0.0978. The first-order chi connectivity index (χ1) is 7.55. The summed E-state index contributed by atoms with van der Waals surface area (Å²) < 4.78 is 24.4. The molecule has 0 radical (unpaired) electrons. The molecule has 0 spiro atoms. The largest absolute Gasteiger partial charge is 0.464 e. The fourth-order valence-corrected chi connectivity index (χ4v) is 3.03. The molecule has 16 heavy (non-hydrogen) atoms. The van der Waals surface area contributed by atoms with Crippen molar-refractivity contribution in [3.8, 4) is 0 Å². The third-order valence-electron chi connectivity index (χ3n) is 2.42. The molecule has 86 valence electrons. The first-order valence-electron chi connectivity index (χ1n) is 4.88. The third-order valence-corrected chi connectivity index (χ3v) is 4.68. The molecule has 1 saturated carbocycles. The standard InChI is InChI=1S/C10H12N2O3S/c1-15-10(13)8-3-2-4-9(12-8)16(11,14)7-5-6-7/h2-4,7,11H,5-6H2,1H3. The van der Waals surface area contributed by atoms with Gasteiger partial charge in [-0.3, -0.25) is 0 Å². The molecule has 0 aliphatic heterocycles. The number of methoxy groups -OCH3 is 1. The van der Waals surface area contributed by atoms with Gasteiger partial charge >= 0.3 is 5.97 Å². The Morgan fingerprint density at radius 1 is 1.56 bits per heavy atom. The minimum absolute atomic E-state index is 0.0978. The van der Waals surface area contributed by atoms with Crippen LogP contribution in [0, 0.1) is 4.78 Å². The van der Waals surface area contributed by atoms with Crippen molar-refractivity contribution in [2.45, 2.75) is 23.1 Å². The van der Waals surface area contributed by atoms with Crippen molar-refractivity contribution in [1.82, 2.24) is 4.98 Å². The molecule has 0 bridgehead atoms. The summed E-state index contributed by atoms with van der Waals surface area (Å²) in [7, 11) is -1.59. The van der Waals surface area contributed by atoms with Crippen LogP contribution in [0.5, 0.6) is 0 Å². The highest BCUT2D eigenvalue weighted by Gasteiger charge is 2.34. The first-order valence-corrected chi connectivity index (χ1v) is 6.51. The van der Waals surface area contributed by atoms with Crippen LogP contribution in [0.3, 0.4) is 0 Å². The fourth-order valence-electron chi connectivity index (χ4n) is 1.37. The van der Waals surface area contributed by atoms with Crippen LogP contribution in [0.15, 0.2) is 23.2 Å². The predicted octanol–water partition coefficient (Wildman–Crippen LogP) is 1.44. The molecule has 1 unspecified atom stereocenters. The maximum atomic E-state index is 12.1. The van der Waals surface area contributed by atoms with E-state index in [0.29, 0.717) is 0 Å². The van der Waals surface area contributed by atoms with E-state index in [4.69, 9.17) is 4.78 Å². The normalized spacial score (nSPS) is 18.8. The quantitative estimate of drug-likeness (QED) is 0.810. The van der Waals surface area contributed by atoms with E-state index in [9.17, 15) is 9.00 Å². The number of aromatic nitrogens is 1. The predicted molar refractivity (Wildman–Crippen MR) is 57.7 cm³/mol. The van der Waals surface area contributed by atoms with Gasteiger partial charge in [0, 0.05) is 5.25 Å². The van der Waals surface area contributed by atoms with Crippen molar-refractivity contribution in [2.24, 2.45) is 0 Å². The van der Waals surface area contributed by atoms with Gasteiger partial charge in [-0.1, -0.05) is 6.07 Å². The number of hydrogen-bond donors (Lipinski definition) is 1. The number of nitrogens with one attached hydrogen (secondary N) is 1. The molecule has 0 aromatic carbocycles. The molecule has 2 rings (SSSR count). The topological polar surface area (TPSA) is 80.1 Å². The third kappa shape index (κ3) is 1.92. The number of esters is 1. The van der Waals surface area contributed by atoms with E-state index in [1.807, 2.05) is 0 Å². The molecular weight excluding hydrogens is 228 g/mol. The molecular formula is C10H12N2O3S. The molecule has 0 saturated heterocycles. The van der Waals surface area contributed by atoms with Gasteiger partial charge in [0.25, 0.3) is 0 Å². The van der Waals surface area contributed by atoms with Crippen molar-refractivity contribution >= 4 is 15.7 Å². The van der Waals surface area contributed by atoms with Crippen LogP contribution in [0.4, 0.5) is 0 Å². The second kappa shape index (κ2) is 3.86. The molecule has 6 heteroatoms. The van der Waals surface area contributed by atoms with Gasteiger partial charge in [0.05, 0.1) is 16.8 Å². The number of ether oxygens (including phenoxy) is 1. The Bertz CT molecular complexity index is 521. The lowest BCUT2D eigenvalue weighted by atomic mass is 10.4. The second-order valence-corrected chi connectivity index (χ2v) is 5.94. The highest BCUT2D eigenvalue weighted by atomic mass is 32.2. The monoisotopic (exact) mass is 240 g/mol. The van der Waals surface area contributed by atoms with Gasteiger partial charge in [-0.2, -0.15) is 0 Å². The van der Waals surface area contributed by atoms with Crippen LogP contribution in [-0.2, 0) is 14.5 Å². The molecule has 0 amide bonds. The molecule has 1 aliphatic rings. The summed E-state index contributed by atoms with van der Waals surface area (Å²) >= 11 is 0. The average Bonchev–Trinajstić information content (AvgIpc) is 3.12. The molecule has 1 aromatic rings. The highest BCUT2D eigenvalue weighted by Crippen LogP contribution is 2.33. The molecule has 1 fully saturated rings. The summed E-state index contributed by atoms with van der Waals surface area (Å²) in [6.45, 7) is 0. The van der Waals surface area contributed by atoms with Gasteiger partial charge < -0.3 is 4.74 Å². The van der Waals surface area contributed by atoms with E-state index in [1.165, 1.54) is 19.2 Å². The Balaban J connectivity index is 2.39. The zero-order valence-corrected chi connectivity index (χ0v) is 9.62. The second-order valence-electron chi connectivity index (χ2n) is 3.65. The van der Waals surface area contributed by atoms with Crippen molar-refractivity contribution < 1.29 is 13.7 Å². The van der Waals surface area contributed by atoms with Crippen molar-refractivity contribution in [3.05, 3.63) is 23.9 Å². The Kier molecular flexibility index (Phi) is 2.67. The van der Waals surface area contributed by atoms with Crippen molar-refractivity contribution in [2.75, 3.05) is 7.11 Å². The van der Waals surface area contributed by atoms with Gasteiger partial charge in [-0.05, 0) is 25.0 Å². The number of hydrogen-bond acceptors (Lipinski definition) is 5. The van der Waals surface area contributed by atoms with Crippen LogP contribution in [-0.4, -0.2) is 27.5 Å². The Labute approximate surface area is 93.8 Å². The van der Waals surface area contributed by atoms with Gasteiger partial charge in [-0.15, -0.1) is 0 Å². The lowest BCUT2D eigenvalue weighted by molar-refractivity contribution is 0.0593. The zero-order chi connectivity index (χ0) is 11.8. The van der Waals surface area contributed by atoms with Crippen molar-refractivity contribution in [1.29, 1.82) is 4.78 Å². The van der Waals surface area contributed by atoms with E-state index in [0.717, 1.165) is 12.8 Å². The Morgan fingerprint density at radius 2 is 2.25 bits per heavy atom. The van der Waals surface area contributed by atoms with Crippen LogP contribution in [0.1, 0.15) is 23.3 Å². The summed E-state index contributed by atoms with van der Waals surface area (Å²) in [5.74, 6) is -0.576. The average molecular weight is 240 g/mol. The van der Waals surface area contributed by atoms with Gasteiger partial charge in [0.1, 0.15) is 10.7 Å². The van der Waals surface area contributed by atoms with Gasteiger partial charge in [0.15, 0.2) is 0 Å².